The summed E-state index contributed by atoms with van der Waals surface area (Å²) < 4.78 is 39.8. The zero-order valence-electron chi connectivity index (χ0n) is 10.5. The van der Waals surface area contributed by atoms with Crippen LogP contribution in [0, 0.1) is 23.4 Å². The van der Waals surface area contributed by atoms with E-state index in [1.54, 1.807) is 0 Å². The van der Waals surface area contributed by atoms with Crippen molar-refractivity contribution < 1.29 is 13.2 Å². The first-order valence-electron chi connectivity index (χ1n) is 6.47. The average Bonchev–Trinajstić information content (AvgIpc) is 2.48. The molecule has 0 amide bonds. The van der Waals surface area contributed by atoms with Crippen molar-refractivity contribution in [3.8, 4) is 0 Å². The summed E-state index contributed by atoms with van der Waals surface area (Å²) >= 11 is 0. The number of anilines is 1. The second kappa shape index (κ2) is 5.63. The lowest BCUT2D eigenvalue weighted by molar-refractivity contribution is 0.500. The zero-order chi connectivity index (χ0) is 13.1. The summed E-state index contributed by atoms with van der Waals surface area (Å²) in [5.74, 6) is -1.93. The standard InChI is InChI=1S/C14H18F3N/c1-9-3-2-4-11(6-5-9)18-14-12(16)7-10(15)8-13(14)17/h7-9,11,18H,2-6H2,1H3. The van der Waals surface area contributed by atoms with Crippen LogP contribution in [-0.4, -0.2) is 6.04 Å². The van der Waals surface area contributed by atoms with Gasteiger partial charge in [-0.15, -0.1) is 0 Å². The Labute approximate surface area is 105 Å². The fourth-order valence-electron chi connectivity index (χ4n) is 2.52. The third kappa shape index (κ3) is 3.18. The molecule has 100 valence electrons. The highest BCUT2D eigenvalue weighted by Crippen LogP contribution is 2.27. The van der Waals surface area contributed by atoms with Gasteiger partial charge in [0.2, 0.25) is 0 Å². The second-order valence-corrected chi connectivity index (χ2v) is 5.20. The number of halogens is 3. The topological polar surface area (TPSA) is 12.0 Å². The number of nitrogens with one attached hydrogen (secondary N) is 1. The van der Waals surface area contributed by atoms with Crippen LogP contribution in [0.3, 0.4) is 0 Å². The summed E-state index contributed by atoms with van der Waals surface area (Å²) in [6.07, 6.45) is 5.08. The predicted molar refractivity (Wildman–Crippen MR) is 66.0 cm³/mol. The van der Waals surface area contributed by atoms with Gasteiger partial charge in [-0.1, -0.05) is 19.8 Å². The van der Waals surface area contributed by atoms with Crippen molar-refractivity contribution >= 4 is 5.69 Å². The van der Waals surface area contributed by atoms with Crippen LogP contribution in [0.25, 0.3) is 0 Å². The Morgan fingerprint density at radius 2 is 1.67 bits per heavy atom. The molecule has 2 rings (SSSR count). The number of benzene rings is 1. The van der Waals surface area contributed by atoms with Gasteiger partial charge in [0.1, 0.15) is 11.5 Å². The van der Waals surface area contributed by atoms with Gasteiger partial charge in [-0.25, -0.2) is 13.2 Å². The Kier molecular flexibility index (Phi) is 4.15. The lowest BCUT2D eigenvalue weighted by Crippen LogP contribution is -2.20. The smallest absolute Gasteiger partial charge is 0.152 e. The van der Waals surface area contributed by atoms with Crippen molar-refractivity contribution in [3.63, 3.8) is 0 Å². The molecule has 1 aromatic carbocycles. The van der Waals surface area contributed by atoms with E-state index in [9.17, 15) is 13.2 Å². The monoisotopic (exact) mass is 257 g/mol. The van der Waals surface area contributed by atoms with E-state index in [1.165, 1.54) is 0 Å². The van der Waals surface area contributed by atoms with E-state index >= 15 is 0 Å². The maximum absolute atomic E-state index is 13.5. The van der Waals surface area contributed by atoms with Crippen molar-refractivity contribution in [2.45, 2.75) is 45.1 Å². The molecule has 2 atom stereocenters. The first kappa shape index (κ1) is 13.2. The van der Waals surface area contributed by atoms with Gasteiger partial charge in [0.25, 0.3) is 0 Å². The molecule has 1 fully saturated rings. The van der Waals surface area contributed by atoms with Crippen molar-refractivity contribution in [1.29, 1.82) is 0 Å². The molecule has 18 heavy (non-hydrogen) atoms. The van der Waals surface area contributed by atoms with Gasteiger partial charge in [-0.3, -0.25) is 0 Å². The molecule has 1 saturated carbocycles. The fourth-order valence-corrected chi connectivity index (χ4v) is 2.52. The first-order chi connectivity index (χ1) is 8.56. The van der Waals surface area contributed by atoms with E-state index < -0.39 is 17.5 Å². The SMILES string of the molecule is CC1CCCC(Nc2c(F)cc(F)cc2F)CC1. The van der Waals surface area contributed by atoms with Crippen molar-refractivity contribution in [1.82, 2.24) is 0 Å². The van der Waals surface area contributed by atoms with Crippen LogP contribution in [0.5, 0.6) is 0 Å². The third-order valence-electron chi connectivity index (χ3n) is 3.61. The zero-order valence-corrected chi connectivity index (χ0v) is 10.5. The van der Waals surface area contributed by atoms with Gasteiger partial charge in [0, 0.05) is 18.2 Å². The van der Waals surface area contributed by atoms with Crippen LogP contribution in [0.15, 0.2) is 12.1 Å². The van der Waals surface area contributed by atoms with E-state index in [0.717, 1.165) is 32.1 Å². The maximum Gasteiger partial charge on any atom is 0.152 e. The van der Waals surface area contributed by atoms with E-state index in [-0.39, 0.29) is 11.7 Å². The molecule has 1 aromatic rings. The van der Waals surface area contributed by atoms with Gasteiger partial charge < -0.3 is 5.32 Å². The van der Waals surface area contributed by atoms with E-state index in [1.807, 2.05) is 0 Å². The van der Waals surface area contributed by atoms with Gasteiger partial charge in [0.05, 0.1) is 0 Å². The van der Waals surface area contributed by atoms with Crippen LogP contribution < -0.4 is 5.32 Å². The van der Waals surface area contributed by atoms with E-state index in [0.29, 0.717) is 18.1 Å². The first-order valence-corrected chi connectivity index (χ1v) is 6.47. The Hall–Kier alpha value is -1.19. The van der Waals surface area contributed by atoms with Crippen LogP contribution in [0.2, 0.25) is 0 Å². The molecule has 4 heteroatoms. The van der Waals surface area contributed by atoms with Gasteiger partial charge in [-0.05, 0) is 25.2 Å². The molecule has 0 saturated heterocycles. The molecule has 2 unspecified atom stereocenters. The average molecular weight is 257 g/mol. The number of hydrogen-bond acceptors (Lipinski definition) is 1. The molecule has 1 aliphatic rings. The molecule has 1 nitrogen and oxygen atoms in total. The molecule has 0 aromatic heterocycles. The largest absolute Gasteiger partial charge is 0.378 e. The summed E-state index contributed by atoms with van der Waals surface area (Å²) in [4.78, 5) is 0. The van der Waals surface area contributed by atoms with E-state index in [2.05, 4.69) is 12.2 Å². The molecule has 0 bridgehead atoms. The molecule has 1 N–H and O–H groups in total. The number of rotatable bonds is 2. The second-order valence-electron chi connectivity index (χ2n) is 5.20. The Morgan fingerprint density at radius 1 is 1.00 bits per heavy atom. The Balaban J connectivity index is 2.09. The Morgan fingerprint density at radius 3 is 2.33 bits per heavy atom. The van der Waals surface area contributed by atoms with Crippen LogP contribution in [0.1, 0.15) is 39.0 Å². The molecule has 0 spiro atoms. The molecular weight excluding hydrogens is 239 g/mol. The van der Waals surface area contributed by atoms with Crippen LogP contribution >= 0.6 is 0 Å². The van der Waals surface area contributed by atoms with E-state index in [4.69, 9.17) is 0 Å². The highest BCUT2D eigenvalue weighted by atomic mass is 19.1. The number of hydrogen-bond donors (Lipinski definition) is 1. The van der Waals surface area contributed by atoms with Gasteiger partial charge in [-0.2, -0.15) is 0 Å². The lowest BCUT2D eigenvalue weighted by Gasteiger charge is -2.18. The molecule has 0 radical (unpaired) electrons. The van der Waals surface area contributed by atoms with Gasteiger partial charge in [0.15, 0.2) is 11.6 Å². The normalized spacial score (nSPS) is 24.7. The quantitative estimate of drug-likeness (QED) is 0.770. The predicted octanol–water partition coefficient (Wildman–Crippen LogP) is 4.48. The fraction of sp³-hybridized carbons (Fsp3) is 0.571. The molecule has 0 aliphatic heterocycles. The molecule has 0 heterocycles. The minimum atomic E-state index is -0.884. The van der Waals surface area contributed by atoms with Crippen molar-refractivity contribution in [3.05, 3.63) is 29.6 Å². The molecular formula is C14H18F3N. The van der Waals surface area contributed by atoms with Crippen LogP contribution in [0.4, 0.5) is 18.9 Å². The lowest BCUT2D eigenvalue weighted by atomic mass is 10.0. The summed E-state index contributed by atoms with van der Waals surface area (Å²) in [5.41, 5.74) is -0.198. The summed E-state index contributed by atoms with van der Waals surface area (Å²) in [6, 6.07) is 1.50. The summed E-state index contributed by atoms with van der Waals surface area (Å²) in [5, 5.41) is 2.89. The third-order valence-corrected chi connectivity index (χ3v) is 3.61. The van der Waals surface area contributed by atoms with Gasteiger partial charge >= 0.3 is 0 Å². The minimum absolute atomic E-state index is 0.0735. The summed E-state index contributed by atoms with van der Waals surface area (Å²) in [6.45, 7) is 2.20. The Bertz CT molecular complexity index is 396. The van der Waals surface area contributed by atoms with Crippen LogP contribution in [-0.2, 0) is 0 Å². The highest BCUT2D eigenvalue weighted by Gasteiger charge is 2.19. The summed E-state index contributed by atoms with van der Waals surface area (Å²) in [7, 11) is 0. The highest BCUT2D eigenvalue weighted by molar-refractivity contribution is 5.47. The minimum Gasteiger partial charge on any atom is -0.378 e. The molecule has 1 aliphatic carbocycles. The maximum atomic E-state index is 13.5. The van der Waals surface area contributed by atoms with Crippen molar-refractivity contribution in [2.24, 2.45) is 5.92 Å². The van der Waals surface area contributed by atoms with Crippen molar-refractivity contribution in [2.75, 3.05) is 5.32 Å².